The molecule has 0 radical (unpaired) electrons. The summed E-state index contributed by atoms with van der Waals surface area (Å²) in [5.41, 5.74) is 7.36. The summed E-state index contributed by atoms with van der Waals surface area (Å²) < 4.78 is 32.5. The largest absolute Gasteiger partial charge is 0.393 e. The summed E-state index contributed by atoms with van der Waals surface area (Å²) in [7, 11) is -3.61. The van der Waals surface area contributed by atoms with Gasteiger partial charge in [0.15, 0.2) is 9.84 Å². The Bertz CT molecular complexity index is 910. The number of thiocarbonyl (C=S) groups is 1. The van der Waals surface area contributed by atoms with Gasteiger partial charge in [-0.3, -0.25) is 0 Å². The normalized spacial score (nSPS) is 24.5. The molecule has 144 valence electrons. The molecule has 1 aliphatic carbocycles. The lowest BCUT2D eigenvalue weighted by atomic mass is 9.98. The van der Waals surface area contributed by atoms with E-state index in [1.165, 1.54) is 5.56 Å². The first kappa shape index (κ1) is 20.0. The summed E-state index contributed by atoms with van der Waals surface area (Å²) in [4.78, 5) is 0.491. The van der Waals surface area contributed by atoms with Crippen LogP contribution in [0.5, 0.6) is 0 Å². The first-order chi connectivity index (χ1) is 12.9. The topological polar surface area (TPSA) is 69.4 Å². The second kappa shape index (κ2) is 7.70. The molecule has 1 fully saturated rings. The van der Waals surface area contributed by atoms with Gasteiger partial charge in [-0.2, -0.15) is 0 Å². The highest BCUT2D eigenvalue weighted by Crippen LogP contribution is 2.64. The van der Waals surface area contributed by atoms with Crippen molar-refractivity contribution in [2.45, 2.75) is 36.3 Å². The predicted molar refractivity (Wildman–Crippen MR) is 112 cm³/mol. The van der Waals surface area contributed by atoms with Gasteiger partial charge in [-0.15, -0.1) is 0 Å². The molecule has 0 aliphatic heterocycles. The molecule has 2 N–H and O–H groups in total. The molecular weight excluding hydrogens is 378 g/mol. The number of hydrogen-bond acceptors (Lipinski definition) is 4. The van der Waals surface area contributed by atoms with Crippen molar-refractivity contribution < 1.29 is 13.2 Å². The Balaban J connectivity index is 2.08. The minimum absolute atomic E-state index is 0.199. The molecule has 6 heteroatoms. The van der Waals surface area contributed by atoms with Gasteiger partial charge in [0.25, 0.3) is 0 Å². The summed E-state index contributed by atoms with van der Waals surface area (Å²) in [6.07, 6.45) is 0.927. The zero-order valence-electron chi connectivity index (χ0n) is 15.6. The third-order valence-electron chi connectivity index (χ3n) is 5.41. The van der Waals surface area contributed by atoms with Crippen LogP contribution < -0.4 is 5.73 Å². The lowest BCUT2D eigenvalue weighted by Gasteiger charge is -2.17. The number of rotatable bonds is 8. The van der Waals surface area contributed by atoms with Crippen LogP contribution in [-0.4, -0.2) is 31.9 Å². The number of benzene rings is 2. The van der Waals surface area contributed by atoms with Crippen molar-refractivity contribution in [2.24, 2.45) is 11.1 Å². The van der Waals surface area contributed by atoms with Crippen molar-refractivity contribution in [1.29, 1.82) is 0 Å². The second-order valence-corrected chi connectivity index (χ2v) is 9.40. The van der Waals surface area contributed by atoms with E-state index in [9.17, 15) is 8.42 Å². The highest BCUT2D eigenvalue weighted by molar-refractivity contribution is 7.92. The van der Waals surface area contributed by atoms with Crippen molar-refractivity contribution in [2.75, 3.05) is 13.2 Å². The van der Waals surface area contributed by atoms with Crippen LogP contribution in [0.25, 0.3) is 0 Å². The van der Waals surface area contributed by atoms with Crippen LogP contribution in [-0.2, 0) is 21.0 Å². The van der Waals surface area contributed by atoms with Gasteiger partial charge >= 0.3 is 0 Å². The Morgan fingerprint density at radius 3 is 2.26 bits per heavy atom. The van der Waals surface area contributed by atoms with Crippen LogP contribution in [0.3, 0.4) is 0 Å². The fourth-order valence-corrected chi connectivity index (χ4v) is 6.65. The van der Waals surface area contributed by atoms with Crippen LogP contribution in [0, 0.1) is 5.41 Å². The SMILES string of the molecule is CCOC[C@]1(C(N)=S)[C@H](c2ccc(CC)cc2)[C@H]1S(=O)(=O)c1ccccc1. The summed E-state index contributed by atoms with van der Waals surface area (Å²) in [6.45, 7) is 4.64. The molecule has 0 heterocycles. The van der Waals surface area contributed by atoms with E-state index in [1.54, 1.807) is 30.3 Å². The number of hydrogen-bond donors (Lipinski definition) is 1. The van der Waals surface area contributed by atoms with Gasteiger partial charge in [0.1, 0.15) is 0 Å². The maximum atomic E-state index is 13.4. The molecule has 1 aliphatic rings. The highest BCUT2D eigenvalue weighted by Gasteiger charge is 2.73. The van der Waals surface area contributed by atoms with E-state index in [4.69, 9.17) is 22.7 Å². The van der Waals surface area contributed by atoms with Gasteiger partial charge in [0.05, 0.1) is 27.2 Å². The van der Waals surface area contributed by atoms with Gasteiger partial charge in [0, 0.05) is 12.5 Å². The quantitative estimate of drug-likeness (QED) is 0.683. The first-order valence-electron chi connectivity index (χ1n) is 9.15. The molecule has 2 aromatic carbocycles. The summed E-state index contributed by atoms with van der Waals surface area (Å²) in [5.74, 6) is -0.308. The van der Waals surface area contributed by atoms with Crippen molar-refractivity contribution in [3.05, 3.63) is 65.7 Å². The average molecular weight is 404 g/mol. The first-order valence-corrected chi connectivity index (χ1v) is 11.1. The standard InChI is InChI=1S/C21H25NO3S2/c1-3-15-10-12-16(13-11-15)18-19(21(18,20(22)26)14-25-4-2)27(23,24)17-8-6-5-7-9-17/h5-13,18-19H,3-4,14H2,1-2H3,(H2,22,26)/t18-,19-,21+/m1/s1. The summed E-state index contributed by atoms with van der Waals surface area (Å²) in [5, 5.41) is -0.719. The van der Waals surface area contributed by atoms with Crippen LogP contribution in [0.15, 0.2) is 59.5 Å². The van der Waals surface area contributed by atoms with Gasteiger partial charge in [-0.05, 0) is 36.6 Å². The molecule has 0 amide bonds. The maximum Gasteiger partial charge on any atom is 0.182 e. The Morgan fingerprint density at radius 2 is 1.74 bits per heavy atom. The van der Waals surface area contributed by atoms with Crippen LogP contribution in [0.4, 0.5) is 0 Å². The van der Waals surface area contributed by atoms with Gasteiger partial charge in [0.2, 0.25) is 0 Å². The van der Waals surface area contributed by atoms with Gasteiger partial charge in [-0.1, -0.05) is 61.6 Å². The van der Waals surface area contributed by atoms with Crippen molar-refractivity contribution in [3.8, 4) is 0 Å². The van der Waals surface area contributed by atoms with E-state index < -0.39 is 20.5 Å². The molecule has 0 unspecified atom stereocenters. The Morgan fingerprint density at radius 1 is 1.11 bits per heavy atom. The van der Waals surface area contributed by atoms with E-state index in [0.717, 1.165) is 12.0 Å². The lowest BCUT2D eigenvalue weighted by molar-refractivity contribution is 0.121. The third-order valence-corrected chi connectivity index (χ3v) is 8.08. The summed E-state index contributed by atoms with van der Waals surface area (Å²) >= 11 is 5.36. The Labute approximate surface area is 166 Å². The molecule has 27 heavy (non-hydrogen) atoms. The molecule has 0 saturated heterocycles. The van der Waals surface area contributed by atoms with E-state index in [0.29, 0.717) is 11.5 Å². The number of ether oxygens (including phenoxy) is 1. The van der Waals surface area contributed by atoms with Crippen LogP contribution in [0.1, 0.15) is 30.9 Å². The smallest absolute Gasteiger partial charge is 0.182 e. The van der Waals surface area contributed by atoms with E-state index in [-0.39, 0.29) is 17.5 Å². The fraction of sp³-hybridized carbons (Fsp3) is 0.381. The Kier molecular flexibility index (Phi) is 5.70. The van der Waals surface area contributed by atoms with Crippen molar-refractivity contribution >= 4 is 27.0 Å². The van der Waals surface area contributed by atoms with Crippen molar-refractivity contribution in [3.63, 3.8) is 0 Å². The minimum Gasteiger partial charge on any atom is -0.393 e. The maximum absolute atomic E-state index is 13.4. The molecule has 0 bridgehead atoms. The highest BCUT2D eigenvalue weighted by atomic mass is 32.2. The number of nitrogens with two attached hydrogens (primary N) is 1. The van der Waals surface area contributed by atoms with Crippen LogP contribution >= 0.6 is 12.2 Å². The fourth-order valence-electron chi connectivity index (χ4n) is 3.86. The Hall–Kier alpha value is -1.76. The lowest BCUT2D eigenvalue weighted by Crippen LogP contribution is -2.33. The molecule has 4 nitrogen and oxygen atoms in total. The number of aryl methyl sites for hydroxylation is 1. The third kappa shape index (κ3) is 3.42. The van der Waals surface area contributed by atoms with E-state index >= 15 is 0 Å². The van der Waals surface area contributed by atoms with E-state index in [2.05, 4.69) is 6.92 Å². The zero-order valence-corrected chi connectivity index (χ0v) is 17.2. The summed E-state index contributed by atoms with van der Waals surface area (Å²) in [6, 6.07) is 16.5. The monoisotopic (exact) mass is 403 g/mol. The average Bonchev–Trinajstić information content (AvgIpc) is 3.38. The zero-order chi connectivity index (χ0) is 19.7. The molecule has 0 aromatic heterocycles. The van der Waals surface area contributed by atoms with Crippen LogP contribution in [0.2, 0.25) is 0 Å². The second-order valence-electron chi connectivity index (χ2n) is 6.89. The van der Waals surface area contributed by atoms with Crippen molar-refractivity contribution in [1.82, 2.24) is 0 Å². The molecule has 3 atom stereocenters. The molecule has 3 rings (SSSR count). The molecule has 2 aromatic rings. The molecule has 1 saturated carbocycles. The molecule has 0 spiro atoms. The minimum atomic E-state index is -3.61. The van der Waals surface area contributed by atoms with E-state index in [1.807, 2.05) is 31.2 Å². The van der Waals surface area contributed by atoms with Gasteiger partial charge < -0.3 is 10.5 Å². The predicted octanol–water partition coefficient (Wildman–Crippen LogP) is 3.50. The molecular formula is C21H25NO3S2. The number of sulfone groups is 1. The van der Waals surface area contributed by atoms with Gasteiger partial charge in [-0.25, -0.2) is 8.42 Å².